The first kappa shape index (κ1) is 40.5. The van der Waals surface area contributed by atoms with Gasteiger partial charge >= 0.3 is 38.5 Å². The maximum atomic E-state index is 14.2. The zero-order valence-electron chi connectivity index (χ0n) is 23.2. The molecule has 0 aliphatic rings. The number of hydrogen-bond acceptors (Lipinski definition) is 12. The monoisotopic (exact) mass is 738 g/mol. The van der Waals surface area contributed by atoms with Crippen LogP contribution in [-0.2, 0) is 60.4 Å². The van der Waals surface area contributed by atoms with Gasteiger partial charge in [-0.25, -0.2) is 26.0 Å². The number of carbonyl (C=O) groups is 3. The van der Waals surface area contributed by atoms with Crippen LogP contribution in [0.3, 0.4) is 0 Å². The van der Waals surface area contributed by atoms with Crippen molar-refractivity contribution in [2.24, 2.45) is 0 Å². The zero-order chi connectivity index (χ0) is 35.8. The van der Waals surface area contributed by atoms with Crippen molar-refractivity contribution in [3.63, 3.8) is 0 Å². The van der Waals surface area contributed by atoms with E-state index in [1.807, 2.05) is 0 Å². The standard InChI is InChI=1S/C22H25F7N2O12S3/c1-14(2)19(34)42-12-11-41-18(33)8-7-17(32)30-10-9-15-3-5-16(6-4-15)43-46(39,40)22(28,29)20(24,25)21(26,27)45(37,38)31-44(35,36)13-23/h3-6,31H,1,7-13H2,2H3,(H,30,32). The molecule has 0 aliphatic carbocycles. The Kier molecular flexibility index (Phi) is 13.6. The average molecular weight is 739 g/mol. The van der Waals surface area contributed by atoms with Crippen molar-refractivity contribution in [3.8, 4) is 5.75 Å². The van der Waals surface area contributed by atoms with Crippen LogP contribution in [0.5, 0.6) is 5.75 Å². The summed E-state index contributed by atoms with van der Waals surface area (Å²) in [7, 11) is -20.4. The van der Waals surface area contributed by atoms with Crippen LogP contribution in [0.15, 0.2) is 36.4 Å². The lowest BCUT2D eigenvalue weighted by Gasteiger charge is -2.30. The predicted octanol–water partition coefficient (Wildman–Crippen LogP) is 1.49. The fourth-order valence-corrected chi connectivity index (χ4v) is 6.14. The Bertz CT molecular complexity index is 1620. The summed E-state index contributed by atoms with van der Waals surface area (Å²) in [5, 5.41) is -11.8. The molecule has 0 fully saturated rings. The van der Waals surface area contributed by atoms with E-state index in [0.29, 0.717) is 12.1 Å². The molecule has 262 valence electrons. The fraction of sp³-hybridized carbons (Fsp3) is 0.500. The third-order valence-corrected chi connectivity index (χ3v) is 9.52. The Morgan fingerprint density at radius 3 is 1.91 bits per heavy atom. The molecule has 1 amide bonds. The van der Waals surface area contributed by atoms with E-state index in [0.717, 1.165) is 12.1 Å². The van der Waals surface area contributed by atoms with Gasteiger partial charge in [-0.2, -0.15) is 34.8 Å². The van der Waals surface area contributed by atoms with E-state index < -0.39 is 76.2 Å². The number of sulfonamides is 2. The first-order valence-corrected chi connectivity index (χ1v) is 16.6. The highest BCUT2D eigenvalue weighted by molar-refractivity contribution is 8.05. The van der Waals surface area contributed by atoms with Crippen molar-refractivity contribution in [1.29, 1.82) is 0 Å². The fourth-order valence-electron chi connectivity index (χ4n) is 2.76. The molecule has 0 spiro atoms. The molecule has 2 N–H and O–H groups in total. The molecule has 0 saturated carbocycles. The molecule has 0 saturated heterocycles. The molecule has 0 unspecified atom stereocenters. The van der Waals surface area contributed by atoms with Crippen molar-refractivity contribution in [1.82, 2.24) is 9.44 Å². The minimum Gasteiger partial charge on any atom is -0.462 e. The van der Waals surface area contributed by atoms with Crippen LogP contribution in [0.25, 0.3) is 0 Å². The molecule has 0 radical (unpaired) electrons. The number of ether oxygens (including phenoxy) is 2. The number of halogens is 7. The quantitative estimate of drug-likeness (QED) is 0.0681. The maximum Gasteiger partial charge on any atom is 0.450 e. The number of nitrogens with one attached hydrogen (secondary N) is 2. The van der Waals surface area contributed by atoms with E-state index in [-0.39, 0.29) is 54.3 Å². The predicted molar refractivity (Wildman–Crippen MR) is 140 cm³/mol. The van der Waals surface area contributed by atoms with Crippen molar-refractivity contribution in [3.05, 3.63) is 42.0 Å². The minimum atomic E-state index is -7.37. The van der Waals surface area contributed by atoms with Gasteiger partial charge in [0.25, 0.3) is 20.0 Å². The number of rotatable bonds is 19. The SMILES string of the molecule is C=C(C)C(=O)OCCOC(=O)CCC(=O)NCCc1ccc(OS(=O)(=O)C(F)(F)C(F)(F)C(F)(F)S(=O)(=O)NS(=O)(=O)CF)cc1. The van der Waals surface area contributed by atoms with Crippen LogP contribution < -0.4 is 13.6 Å². The van der Waals surface area contributed by atoms with E-state index in [4.69, 9.17) is 9.47 Å². The zero-order valence-corrected chi connectivity index (χ0v) is 25.7. The van der Waals surface area contributed by atoms with Crippen molar-refractivity contribution in [2.75, 3.05) is 25.8 Å². The lowest BCUT2D eigenvalue weighted by Crippen LogP contribution is -2.63. The van der Waals surface area contributed by atoms with E-state index in [1.54, 1.807) is 0 Å². The summed E-state index contributed by atoms with van der Waals surface area (Å²) < 4.78 is 178. The summed E-state index contributed by atoms with van der Waals surface area (Å²) in [4.78, 5) is 34.7. The summed E-state index contributed by atoms with van der Waals surface area (Å²) in [6.45, 7) is 4.18. The summed E-state index contributed by atoms with van der Waals surface area (Å²) >= 11 is 0. The average Bonchev–Trinajstić information content (AvgIpc) is 2.93. The lowest BCUT2D eigenvalue weighted by molar-refractivity contribution is -0.245. The van der Waals surface area contributed by atoms with E-state index >= 15 is 0 Å². The van der Waals surface area contributed by atoms with Crippen molar-refractivity contribution < 1.29 is 84.0 Å². The molecular weight excluding hydrogens is 713 g/mol. The van der Waals surface area contributed by atoms with Gasteiger partial charge in [-0.15, -0.1) is 4.13 Å². The van der Waals surface area contributed by atoms with Crippen LogP contribution in [0.2, 0.25) is 0 Å². The van der Waals surface area contributed by atoms with E-state index in [2.05, 4.69) is 16.1 Å². The summed E-state index contributed by atoms with van der Waals surface area (Å²) in [6.07, 6.45) is -0.657. The second kappa shape index (κ2) is 15.4. The van der Waals surface area contributed by atoms with Crippen LogP contribution in [0.1, 0.15) is 25.3 Å². The highest BCUT2D eigenvalue weighted by Gasteiger charge is 2.83. The minimum absolute atomic E-state index is 0.00952. The molecule has 0 aromatic heterocycles. The van der Waals surface area contributed by atoms with Gasteiger partial charge in [-0.3, -0.25) is 9.59 Å². The first-order chi connectivity index (χ1) is 20.8. The van der Waals surface area contributed by atoms with Gasteiger partial charge in [0.05, 0.1) is 6.42 Å². The number of esters is 2. The molecule has 1 aromatic carbocycles. The Morgan fingerprint density at radius 1 is 0.848 bits per heavy atom. The second-order valence-corrected chi connectivity index (χ2v) is 14.1. The Hall–Kier alpha value is -3.51. The van der Waals surface area contributed by atoms with Crippen molar-refractivity contribution >= 4 is 48.0 Å². The van der Waals surface area contributed by atoms with Gasteiger partial charge in [-0.05, 0) is 31.0 Å². The van der Waals surface area contributed by atoms with E-state index in [9.17, 15) is 70.4 Å². The van der Waals surface area contributed by atoms with Crippen LogP contribution in [0, 0.1) is 0 Å². The lowest BCUT2D eigenvalue weighted by atomic mass is 10.1. The van der Waals surface area contributed by atoms with Crippen LogP contribution in [0.4, 0.5) is 30.7 Å². The Balaban J connectivity index is 2.75. The van der Waals surface area contributed by atoms with E-state index in [1.165, 1.54) is 6.92 Å². The molecule has 0 bridgehead atoms. The number of benzene rings is 1. The molecule has 0 aliphatic heterocycles. The molecule has 46 heavy (non-hydrogen) atoms. The Morgan fingerprint density at radius 2 is 1.39 bits per heavy atom. The second-order valence-electron chi connectivity index (χ2n) is 8.84. The molecule has 0 heterocycles. The van der Waals surface area contributed by atoms with Crippen LogP contribution >= 0.6 is 0 Å². The normalized spacial score (nSPS) is 13.0. The smallest absolute Gasteiger partial charge is 0.450 e. The van der Waals surface area contributed by atoms with Crippen molar-refractivity contribution in [2.45, 2.75) is 42.6 Å². The summed E-state index contributed by atoms with van der Waals surface area (Å²) in [5.41, 5.74) is 0.392. The highest BCUT2D eigenvalue weighted by atomic mass is 32.3. The largest absolute Gasteiger partial charge is 0.462 e. The molecule has 0 atom stereocenters. The topological polar surface area (TPSA) is 205 Å². The molecule has 1 rings (SSSR count). The van der Waals surface area contributed by atoms with Gasteiger partial charge in [0.2, 0.25) is 11.9 Å². The first-order valence-electron chi connectivity index (χ1n) is 12.1. The third kappa shape index (κ3) is 10.2. The number of hydrogen-bond donors (Lipinski definition) is 2. The Labute approximate surface area is 257 Å². The molecule has 24 heteroatoms. The van der Waals surface area contributed by atoms with Gasteiger partial charge in [0.15, 0.2) is 0 Å². The highest BCUT2D eigenvalue weighted by Crippen LogP contribution is 2.51. The third-order valence-electron chi connectivity index (χ3n) is 5.11. The molecule has 1 aromatic rings. The maximum absolute atomic E-state index is 14.2. The van der Waals surface area contributed by atoms with Gasteiger partial charge in [0, 0.05) is 18.5 Å². The number of alkyl halides is 7. The molecule has 14 nitrogen and oxygen atoms in total. The van der Waals surface area contributed by atoms with Gasteiger partial charge in [0.1, 0.15) is 19.0 Å². The molecular formula is C22H25F7N2O12S3. The summed E-state index contributed by atoms with van der Waals surface area (Å²) in [5.74, 6) is -10.6. The van der Waals surface area contributed by atoms with Gasteiger partial charge in [-0.1, -0.05) is 18.7 Å². The van der Waals surface area contributed by atoms with Crippen LogP contribution in [-0.4, -0.2) is 85.3 Å². The number of amides is 1. The van der Waals surface area contributed by atoms with Gasteiger partial charge < -0.3 is 19.0 Å². The number of carbonyl (C=O) groups excluding carboxylic acids is 3. The summed E-state index contributed by atoms with van der Waals surface area (Å²) in [6, 6.07) is 0.434.